The second-order valence-electron chi connectivity index (χ2n) is 5.89. The Labute approximate surface area is 125 Å². The minimum Gasteiger partial charge on any atom is -0.488 e. The maximum absolute atomic E-state index is 6.54. The third kappa shape index (κ3) is 2.48. The number of alkyl halides is 1. The van der Waals surface area contributed by atoms with E-state index in [2.05, 4.69) is 0 Å². The molecule has 0 heterocycles. The van der Waals surface area contributed by atoms with E-state index >= 15 is 0 Å². The van der Waals surface area contributed by atoms with Gasteiger partial charge in [-0.3, -0.25) is 0 Å². The minimum atomic E-state index is 0.192. The van der Waals surface area contributed by atoms with Gasteiger partial charge < -0.3 is 4.74 Å². The summed E-state index contributed by atoms with van der Waals surface area (Å²) in [6.45, 7) is 0. The Morgan fingerprint density at radius 2 is 1.74 bits per heavy atom. The van der Waals surface area contributed by atoms with Crippen molar-refractivity contribution in [1.29, 1.82) is 0 Å². The largest absolute Gasteiger partial charge is 0.488 e. The average molecular weight is 299 g/mol. The summed E-state index contributed by atoms with van der Waals surface area (Å²) >= 11 is 12.7. The summed E-state index contributed by atoms with van der Waals surface area (Å²) in [7, 11) is 0. The zero-order valence-electron chi connectivity index (χ0n) is 11.1. The van der Waals surface area contributed by atoms with Crippen LogP contribution < -0.4 is 4.74 Å². The van der Waals surface area contributed by atoms with Gasteiger partial charge in [0.05, 0.1) is 5.02 Å². The van der Waals surface area contributed by atoms with Crippen LogP contribution in [0, 0.1) is 5.41 Å². The number of hydrogen-bond acceptors (Lipinski definition) is 1. The first-order chi connectivity index (χ1) is 9.22. The van der Waals surface area contributed by atoms with Crippen LogP contribution in [-0.2, 0) is 0 Å². The second kappa shape index (κ2) is 5.54. The SMILES string of the molecule is Clc1ccccc1OC1CC(Cl)C12CCCCCC2. The molecule has 19 heavy (non-hydrogen) atoms. The van der Waals surface area contributed by atoms with Gasteiger partial charge in [0.15, 0.2) is 0 Å². The van der Waals surface area contributed by atoms with Crippen molar-refractivity contribution in [2.45, 2.75) is 56.4 Å². The van der Waals surface area contributed by atoms with E-state index in [0.29, 0.717) is 5.02 Å². The molecule has 2 aliphatic rings. The molecule has 1 nitrogen and oxygen atoms in total. The zero-order valence-corrected chi connectivity index (χ0v) is 12.6. The molecule has 2 fully saturated rings. The highest BCUT2D eigenvalue weighted by Crippen LogP contribution is 2.55. The second-order valence-corrected chi connectivity index (χ2v) is 6.82. The van der Waals surface area contributed by atoms with Gasteiger partial charge in [-0.1, -0.05) is 49.4 Å². The van der Waals surface area contributed by atoms with E-state index in [1.165, 1.54) is 38.5 Å². The smallest absolute Gasteiger partial charge is 0.138 e. The quantitative estimate of drug-likeness (QED) is 0.661. The fourth-order valence-electron chi connectivity index (χ4n) is 3.58. The summed E-state index contributed by atoms with van der Waals surface area (Å²) in [4.78, 5) is 0. The Hall–Kier alpha value is -0.400. The first-order valence-electron chi connectivity index (χ1n) is 7.28. The summed E-state index contributed by atoms with van der Waals surface area (Å²) in [5, 5.41) is 0.974. The molecular weight excluding hydrogens is 279 g/mol. The Bertz CT molecular complexity index is 438. The summed E-state index contributed by atoms with van der Waals surface area (Å²) in [6.07, 6.45) is 8.85. The Kier molecular flexibility index (Phi) is 3.96. The number of hydrogen-bond donors (Lipinski definition) is 0. The maximum atomic E-state index is 6.54. The summed E-state index contributed by atoms with van der Waals surface area (Å²) in [6, 6.07) is 7.74. The molecule has 2 atom stereocenters. The molecule has 2 aliphatic carbocycles. The van der Waals surface area contributed by atoms with E-state index in [4.69, 9.17) is 27.9 Å². The fraction of sp³-hybridized carbons (Fsp3) is 0.625. The number of rotatable bonds is 2. The number of ether oxygens (including phenoxy) is 1. The van der Waals surface area contributed by atoms with E-state index in [9.17, 15) is 0 Å². The maximum Gasteiger partial charge on any atom is 0.138 e. The van der Waals surface area contributed by atoms with Crippen LogP contribution in [0.5, 0.6) is 5.75 Å². The topological polar surface area (TPSA) is 9.23 Å². The number of benzene rings is 1. The first kappa shape index (κ1) is 13.6. The lowest BCUT2D eigenvalue weighted by molar-refractivity contribution is -0.0512. The highest BCUT2D eigenvalue weighted by Gasteiger charge is 2.55. The molecule has 0 aliphatic heterocycles. The van der Waals surface area contributed by atoms with Crippen molar-refractivity contribution in [2.24, 2.45) is 5.41 Å². The van der Waals surface area contributed by atoms with Crippen LogP contribution in [0.15, 0.2) is 24.3 Å². The average Bonchev–Trinajstić information content (AvgIpc) is 2.68. The Morgan fingerprint density at radius 3 is 2.37 bits per heavy atom. The predicted octanol–water partition coefficient (Wildman–Crippen LogP) is 5.44. The van der Waals surface area contributed by atoms with Crippen LogP contribution in [-0.4, -0.2) is 11.5 Å². The van der Waals surface area contributed by atoms with Gasteiger partial charge in [0, 0.05) is 17.2 Å². The van der Waals surface area contributed by atoms with Crippen LogP contribution in [0.3, 0.4) is 0 Å². The minimum absolute atomic E-state index is 0.192. The monoisotopic (exact) mass is 298 g/mol. The van der Waals surface area contributed by atoms with E-state index < -0.39 is 0 Å². The molecule has 1 aromatic carbocycles. The molecule has 3 heteroatoms. The summed E-state index contributed by atoms with van der Waals surface area (Å²) in [5.74, 6) is 0.807. The Morgan fingerprint density at radius 1 is 1.05 bits per heavy atom. The van der Waals surface area contributed by atoms with Gasteiger partial charge in [0.1, 0.15) is 11.9 Å². The third-order valence-electron chi connectivity index (χ3n) is 4.83. The molecule has 0 radical (unpaired) electrons. The molecule has 0 N–H and O–H groups in total. The van der Waals surface area contributed by atoms with Crippen molar-refractivity contribution in [2.75, 3.05) is 0 Å². The van der Waals surface area contributed by atoms with Crippen LogP contribution in [0.2, 0.25) is 5.02 Å². The zero-order chi connectivity index (χ0) is 13.3. The van der Waals surface area contributed by atoms with Gasteiger partial charge in [-0.05, 0) is 25.0 Å². The molecule has 0 amide bonds. The summed E-state index contributed by atoms with van der Waals surface area (Å²) < 4.78 is 6.18. The van der Waals surface area contributed by atoms with Crippen molar-refractivity contribution in [1.82, 2.24) is 0 Å². The van der Waals surface area contributed by atoms with Crippen LogP contribution in [0.1, 0.15) is 44.9 Å². The molecule has 0 aromatic heterocycles. The predicted molar refractivity (Wildman–Crippen MR) is 80.3 cm³/mol. The highest BCUT2D eigenvalue weighted by molar-refractivity contribution is 6.32. The van der Waals surface area contributed by atoms with E-state index in [1.807, 2.05) is 24.3 Å². The lowest BCUT2D eigenvalue weighted by Crippen LogP contribution is -2.57. The van der Waals surface area contributed by atoms with Gasteiger partial charge in [0.2, 0.25) is 0 Å². The van der Waals surface area contributed by atoms with E-state index in [-0.39, 0.29) is 16.9 Å². The van der Waals surface area contributed by atoms with E-state index in [0.717, 1.165) is 12.2 Å². The third-order valence-corrected chi connectivity index (χ3v) is 5.75. The lowest BCUT2D eigenvalue weighted by Gasteiger charge is -2.53. The van der Waals surface area contributed by atoms with Crippen molar-refractivity contribution in [3.05, 3.63) is 29.3 Å². The molecule has 3 rings (SSSR count). The van der Waals surface area contributed by atoms with Crippen molar-refractivity contribution in [3.63, 3.8) is 0 Å². The van der Waals surface area contributed by atoms with Gasteiger partial charge in [-0.25, -0.2) is 0 Å². The van der Waals surface area contributed by atoms with Gasteiger partial charge >= 0.3 is 0 Å². The first-order valence-corrected chi connectivity index (χ1v) is 8.09. The van der Waals surface area contributed by atoms with E-state index in [1.54, 1.807) is 0 Å². The van der Waals surface area contributed by atoms with Crippen molar-refractivity contribution in [3.8, 4) is 5.75 Å². The van der Waals surface area contributed by atoms with Gasteiger partial charge in [-0.15, -0.1) is 11.6 Å². The standard InChI is InChI=1S/C16H20Cl2O/c17-12-7-3-4-8-13(12)19-15-11-14(18)16(15)9-5-1-2-6-10-16/h3-4,7-8,14-15H,1-2,5-6,9-11H2. The van der Waals surface area contributed by atoms with Gasteiger partial charge in [-0.2, -0.15) is 0 Å². The Balaban J connectivity index is 1.76. The summed E-state index contributed by atoms with van der Waals surface area (Å²) in [5.41, 5.74) is 0.192. The van der Waals surface area contributed by atoms with Crippen LogP contribution >= 0.6 is 23.2 Å². The molecular formula is C16H20Cl2O. The molecule has 1 spiro atoms. The number of halogens is 2. The van der Waals surface area contributed by atoms with Crippen LogP contribution in [0.25, 0.3) is 0 Å². The normalized spacial score (nSPS) is 29.6. The highest BCUT2D eigenvalue weighted by atomic mass is 35.5. The van der Waals surface area contributed by atoms with Crippen molar-refractivity contribution < 1.29 is 4.74 Å². The molecule has 104 valence electrons. The molecule has 0 bridgehead atoms. The molecule has 0 saturated heterocycles. The molecule has 2 saturated carbocycles. The van der Waals surface area contributed by atoms with Crippen molar-refractivity contribution >= 4 is 23.2 Å². The van der Waals surface area contributed by atoms with Gasteiger partial charge in [0.25, 0.3) is 0 Å². The fourth-order valence-corrected chi connectivity index (χ4v) is 4.28. The lowest BCUT2D eigenvalue weighted by atomic mass is 9.61. The number of para-hydroxylation sites is 1. The molecule has 2 unspecified atom stereocenters. The molecule has 1 aromatic rings. The van der Waals surface area contributed by atoms with Crippen LogP contribution in [0.4, 0.5) is 0 Å².